The van der Waals surface area contributed by atoms with Crippen molar-refractivity contribution < 1.29 is 0 Å². The van der Waals surface area contributed by atoms with Crippen molar-refractivity contribution in [3.05, 3.63) is 63.2 Å². The molecule has 4 aromatic rings. The van der Waals surface area contributed by atoms with Crippen LogP contribution in [0.2, 0.25) is 0 Å². The van der Waals surface area contributed by atoms with Gasteiger partial charge in [-0.05, 0) is 56.4 Å². The minimum atomic E-state index is -0.346. The number of H-pyrrole nitrogens is 1. The van der Waals surface area contributed by atoms with Gasteiger partial charge in [0.25, 0.3) is 5.56 Å². The van der Waals surface area contributed by atoms with Crippen molar-refractivity contribution in [3.63, 3.8) is 0 Å². The van der Waals surface area contributed by atoms with E-state index in [-0.39, 0.29) is 11.2 Å². The van der Waals surface area contributed by atoms with E-state index < -0.39 is 0 Å². The van der Waals surface area contributed by atoms with Crippen LogP contribution >= 0.6 is 0 Å². The summed E-state index contributed by atoms with van der Waals surface area (Å²) < 4.78 is 4.47. The van der Waals surface area contributed by atoms with E-state index in [1.54, 1.807) is 13.4 Å². The van der Waals surface area contributed by atoms with Gasteiger partial charge in [0, 0.05) is 37.7 Å². The van der Waals surface area contributed by atoms with Crippen LogP contribution in [0.1, 0.15) is 30.7 Å². The van der Waals surface area contributed by atoms with E-state index in [0.717, 1.165) is 30.6 Å². The molecule has 0 saturated carbocycles. The summed E-state index contributed by atoms with van der Waals surface area (Å²) in [6.07, 6.45) is 7.13. The molecule has 8 nitrogen and oxygen atoms in total. The first-order valence-corrected chi connectivity index (χ1v) is 10.9. The lowest BCUT2D eigenvalue weighted by molar-refractivity contribution is 0.208. The van der Waals surface area contributed by atoms with Crippen molar-refractivity contribution in [2.24, 2.45) is 14.1 Å². The third kappa shape index (κ3) is 3.40. The predicted molar refractivity (Wildman–Crippen MR) is 122 cm³/mol. The average molecular weight is 421 g/mol. The Labute approximate surface area is 179 Å². The Hall–Kier alpha value is -3.13. The second-order valence-corrected chi connectivity index (χ2v) is 8.58. The number of nitrogens with zero attached hydrogens (tertiary/aromatic N) is 5. The first-order chi connectivity index (χ1) is 15.0. The smallest absolute Gasteiger partial charge is 0.332 e. The molecule has 0 aliphatic carbocycles. The molecule has 1 aliphatic heterocycles. The molecule has 0 amide bonds. The number of aromatic nitrogens is 5. The highest BCUT2D eigenvalue weighted by Crippen LogP contribution is 2.33. The molecular weight excluding hydrogens is 392 g/mol. The lowest BCUT2D eigenvalue weighted by atomic mass is 9.89. The van der Waals surface area contributed by atoms with E-state index in [1.165, 1.54) is 40.9 Å². The van der Waals surface area contributed by atoms with Gasteiger partial charge < -0.3 is 14.5 Å². The Morgan fingerprint density at radius 3 is 2.65 bits per heavy atom. The van der Waals surface area contributed by atoms with Crippen molar-refractivity contribution in [1.29, 1.82) is 0 Å². The molecule has 31 heavy (non-hydrogen) atoms. The van der Waals surface area contributed by atoms with E-state index in [9.17, 15) is 9.59 Å². The average Bonchev–Trinajstić information content (AvgIpc) is 3.41. The standard InChI is InChI=1S/C23H28N6O2/c1-26-21-20(22(30)27(2)23(26)31)29(15-25-21)11-5-10-28-12-8-16(9-13-28)18-14-24-19-7-4-3-6-17(18)19/h3-4,6-7,14-16,24H,5,8-13H2,1-2H3. The number of aryl methyl sites for hydroxylation is 2. The van der Waals surface area contributed by atoms with Gasteiger partial charge >= 0.3 is 5.69 Å². The number of aromatic amines is 1. The van der Waals surface area contributed by atoms with Crippen LogP contribution < -0.4 is 11.2 Å². The normalized spacial score (nSPS) is 15.9. The summed E-state index contributed by atoms with van der Waals surface area (Å²) in [7, 11) is 3.17. The molecule has 3 aromatic heterocycles. The van der Waals surface area contributed by atoms with Crippen LogP contribution in [0.15, 0.2) is 46.4 Å². The van der Waals surface area contributed by atoms with Gasteiger partial charge in [-0.15, -0.1) is 0 Å². The molecule has 0 unspecified atom stereocenters. The number of imidazole rings is 1. The van der Waals surface area contributed by atoms with Gasteiger partial charge in [0.05, 0.1) is 6.33 Å². The van der Waals surface area contributed by atoms with Crippen LogP contribution in [0.4, 0.5) is 0 Å². The quantitative estimate of drug-likeness (QED) is 0.537. The van der Waals surface area contributed by atoms with Crippen molar-refractivity contribution in [2.75, 3.05) is 19.6 Å². The second kappa shape index (κ2) is 7.85. The molecule has 1 saturated heterocycles. The number of nitrogens with one attached hydrogen (secondary N) is 1. The number of likely N-dealkylation sites (tertiary alicyclic amines) is 1. The van der Waals surface area contributed by atoms with Crippen molar-refractivity contribution in [1.82, 2.24) is 28.6 Å². The van der Waals surface area contributed by atoms with Crippen LogP contribution in [0.5, 0.6) is 0 Å². The molecule has 4 heterocycles. The topological polar surface area (TPSA) is 80.8 Å². The Bertz CT molecular complexity index is 1350. The summed E-state index contributed by atoms with van der Waals surface area (Å²) in [5, 5.41) is 1.35. The van der Waals surface area contributed by atoms with Gasteiger partial charge in [-0.1, -0.05) is 18.2 Å². The lowest BCUT2D eigenvalue weighted by Crippen LogP contribution is -2.37. The summed E-state index contributed by atoms with van der Waals surface area (Å²) in [5.74, 6) is 0.606. The van der Waals surface area contributed by atoms with E-state index >= 15 is 0 Å². The number of hydrogen-bond acceptors (Lipinski definition) is 4. The van der Waals surface area contributed by atoms with Crippen LogP contribution in [-0.2, 0) is 20.6 Å². The Kier molecular flexibility index (Phi) is 5.02. The molecular formula is C23H28N6O2. The molecule has 0 spiro atoms. The van der Waals surface area contributed by atoms with E-state index in [1.807, 2.05) is 4.57 Å². The van der Waals surface area contributed by atoms with Crippen LogP contribution in [0.3, 0.4) is 0 Å². The largest absolute Gasteiger partial charge is 0.361 e. The van der Waals surface area contributed by atoms with Crippen LogP contribution in [0, 0.1) is 0 Å². The minimum absolute atomic E-state index is 0.282. The minimum Gasteiger partial charge on any atom is -0.361 e. The highest BCUT2D eigenvalue weighted by atomic mass is 16.2. The number of fused-ring (bicyclic) bond motifs is 2. The van der Waals surface area contributed by atoms with Crippen molar-refractivity contribution in [3.8, 4) is 0 Å². The zero-order valence-corrected chi connectivity index (χ0v) is 18.0. The van der Waals surface area contributed by atoms with E-state index in [0.29, 0.717) is 23.6 Å². The fourth-order valence-electron chi connectivity index (χ4n) is 4.93. The molecule has 5 rings (SSSR count). The molecule has 162 valence electrons. The summed E-state index contributed by atoms with van der Waals surface area (Å²) in [6.45, 7) is 3.88. The molecule has 1 fully saturated rings. The number of hydrogen-bond donors (Lipinski definition) is 1. The number of para-hydroxylation sites is 1. The number of rotatable bonds is 5. The third-order valence-corrected chi connectivity index (χ3v) is 6.74. The first kappa shape index (κ1) is 19.8. The number of piperidine rings is 1. The summed E-state index contributed by atoms with van der Waals surface area (Å²) in [6, 6.07) is 8.53. The summed E-state index contributed by atoms with van der Waals surface area (Å²) >= 11 is 0. The number of benzene rings is 1. The van der Waals surface area contributed by atoms with E-state index in [4.69, 9.17) is 0 Å². The third-order valence-electron chi connectivity index (χ3n) is 6.74. The maximum absolute atomic E-state index is 12.6. The van der Waals surface area contributed by atoms with Gasteiger partial charge in [0.1, 0.15) is 0 Å². The van der Waals surface area contributed by atoms with Crippen molar-refractivity contribution in [2.45, 2.75) is 31.7 Å². The molecule has 1 aliphatic rings. The van der Waals surface area contributed by atoms with Gasteiger partial charge in [-0.25, -0.2) is 9.78 Å². The zero-order valence-electron chi connectivity index (χ0n) is 18.0. The monoisotopic (exact) mass is 420 g/mol. The highest BCUT2D eigenvalue weighted by Gasteiger charge is 2.22. The fraction of sp³-hybridized carbons (Fsp3) is 0.435. The zero-order chi connectivity index (χ0) is 21.5. The van der Waals surface area contributed by atoms with Crippen LogP contribution in [-0.4, -0.2) is 48.2 Å². The Balaban J connectivity index is 1.21. The molecule has 0 radical (unpaired) electrons. The van der Waals surface area contributed by atoms with Gasteiger partial charge in [0.15, 0.2) is 11.2 Å². The summed E-state index contributed by atoms with van der Waals surface area (Å²) in [4.78, 5) is 34.9. The molecule has 0 atom stereocenters. The molecule has 8 heteroatoms. The highest BCUT2D eigenvalue weighted by molar-refractivity contribution is 5.83. The van der Waals surface area contributed by atoms with Gasteiger partial charge in [-0.3, -0.25) is 13.9 Å². The van der Waals surface area contributed by atoms with Crippen molar-refractivity contribution >= 4 is 22.1 Å². The SMILES string of the molecule is Cn1c(=O)c2c(ncn2CCCN2CCC(c3c[nH]c4ccccc34)CC2)n(C)c1=O. The van der Waals surface area contributed by atoms with E-state index in [2.05, 4.69) is 45.3 Å². The predicted octanol–water partition coefficient (Wildman–Crippen LogP) is 2.18. The lowest BCUT2D eigenvalue weighted by Gasteiger charge is -2.32. The van der Waals surface area contributed by atoms with Gasteiger partial charge in [0.2, 0.25) is 0 Å². The first-order valence-electron chi connectivity index (χ1n) is 10.9. The van der Waals surface area contributed by atoms with Crippen LogP contribution in [0.25, 0.3) is 22.1 Å². The Morgan fingerprint density at radius 1 is 1.06 bits per heavy atom. The molecule has 1 aromatic carbocycles. The maximum atomic E-state index is 12.6. The van der Waals surface area contributed by atoms with Gasteiger partial charge in [-0.2, -0.15) is 0 Å². The summed E-state index contributed by atoms with van der Waals surface area (Å²) in [5.41, 5.74) is 2.99. The fourth-order valence-corrected chi connectivity index (χ4v) is 4.93. The molecule has 0 bridgehead atoms. The second-order valence-electron chi connectivity index (χ2n) is 8.58. The molecule has 1 N–H and O–H groups in total. The Morgan fingerprint density at radius 2 is 1.84 bits per heavy atom. The maximum Gasteiger partial charge on any atom is 0.332 e.